The predicted octanol–water partition coefficient (Wildman–Crippen LogP) is 4.25. The molecule has 2 aromatic carbocycles. The molecule has 1 aliphatic carbocycles. The molecule has 0 spiro atoms. The highest BCUT2D eigenvalue weighted by molar-refractivity contribution is 6.30. The number of piperazine rings is 1. The molecule has 0 aromatic heterocycles. The van der Waals surface area contributed by atoms with E-state index in [1.807, 2.05) is 29.2 Å². The number of rotatable bonds is 4. The minimum absolute atomic E-state index is 0.0841. The molecule has 2 heterocycles. The monoisotopic (exact) mass is 468 g/mol. The van der Waals surface area contributed by atoms with Crippen molar-refractivity contribution in [1.82, 2.24) is 0 Å². The van der Waals surface area contributed by atoms with Gasteiger partial charge in [-0.15, -0.1) is 0 Å². The maximum Gasteiger partial charge on any atom is 0.294 e. The van der Waals surface area contributed by atoms with E-state index in [2.05, 4.69) is 4.90 Å². The van der Waals surface area contributed by atoms with Crippen LogP contribution in [0.5, 0.6) is 0 Å². The Bertz CT molecular complexity index is 1090. The Labute approximate surface area is 196 Å². The third-order valence-corrected chi connectivity index (χ3v) is 7.28. The average Bonchev–Trinajstić information content (AvgIpc) is 3.09. The Morgan fingerprint density at radius 2 is 1.48 bits per heavy atom. The first-order valence-corrected chi connectivity index (χ1v) is 11.7. The highest BCUT2D eigenvalue weighted by Gasteiger charge is 2.49. The van der Waals surface area contributed by atoms with Crippen LogP contribution >= 0.6 is 11.6 Å². The number of hydrogen-bond donors (Lipinski definition) is 0. The zero-order chi connectivity index (χ0) is 23.1. The second-order valence-electron chi connectivity index (χ2n) is 8.89. The van der Waals surface area contributed by atoms with Gasteiger partial charge in [-0.3, -0.25) is 19.7 Å². The molecule has 0 bridgehead atoms. The summed E-state index contributed by atoms with van der Waals surface area (Å²) in [6, 6.07) is 12.4. The molecule has 2 unspecified atom stereocenters. The van der Waals surface area contributed by atoms with Crippen LogP contribution < -0.4 is 14.7 Å². The molecule has 172 valence electrons. The van der Waals surface area contributed by atoms with Gasteiger partial charge in [-0.05, 0) is 43.2 Å². The summed E-state index contributed by atoms with van der Waals surface area (Å²) in [5.41, 5.74) is 1.75. The van der Waals surface area contributed by atoms with Gasteiger partial charge in [0, 0.05) is 43.0 Å². The number of hydrogen-bond acceptors (Lipinski definition) is 6. The van der Waals surface area contributed by atoms with Crippen LogP contribution in [0.25, 0.3) is 0 Å². The fourth-order valence-corrected chi connectivity index (χ4v) is 5.54. The maximum atomic E-state index is 12.9. The van der Waals surface area contributed by atoms with Crippen molar-refractivity contribution >= 4 is 46.2 Å². The van der Waals surface area contributed by atoms with Gasteiger partial charge in [-0.25, -0.2) is 4.90 Å². The van der Waals surface area contributed by atoms with Crippen molar-refractivity contribution in [3.63, 3.8) is 0 Å². The number of halogens is 1. The molecule has 3 fully saturated rings. The third kappa shape index (κ3) is 3.93. The molecule has 1 saturated carbocycles. The van der Waals surface area contributed by atoms with E-state index in [9.17, 15) is 19.7 Å². The maximum absolute atomic E-state index is 12.9. The lowest BCUT2D eigenvalue weighted by Crippen LogP contribution is -2.46. The summed E-state index contributed by atoms with van der Waals surface area (Å²) in [7, 11) is 0. The molecule has 2 aliphatic heterocycles. The first-order chi connectivity index (χ1) is 15.9. The van der Waals surface area contributed by atoms with E-state index in [4.69, 9.17) is 11.6 Å². The molecule has 0 radical (unpaired) electrons. The van der Waals surface area contributed by atoms with Gasteiger partial charge in [0.2, 0.25) is 11.8 Å². The van der Waals surface area contributed by atoms with Crippen molar-refractivity contribution < 1.29 is 14.5 Å². The number of benzene rings is 2. The van der Waals surface area contributed by atoms with E-state index in [1.54, 1.807) is 12.1 Å². The molecule has 3 aliphatic rings. The van der Waals surface area contributed by atoms with Crippen molar-refractivity contribution in [3.8, 4) is 0 Å². The number of nitro benzene ring substituents is 1. The first-order valence-electron chi connectivity index (χ1n) is 11.4. The first kappa shape index (κ1) is 21.7. The molecule has 2 atom stereocenters. The standard InChI is InChI=1S/C24H25ClN4O4/c25-16-4-3-5-17(14-16)26-10-12-27(13-11-26)21-9-8-18(15-22(21)29(32)33)28-23(30)19-6-1-2-7-20(19)24(28)31/h3-5,8-9,14-15,19-20H,1-2,6-7,10-13H2. The molecule has 8 nitrogen and oxygen atoms in total. The van der Waals surface area contributed by atoms with E-state index in [0.717, 1.165) is 18.5 Å². The zero-order valence-electron chi connectivity index (χ0n) is 18.2. The Balaban J connectivity index is 1.37. The highest BCUT2D eigenvalue weighted by atomic mass is 35.5. The van der Waals surface area contributed by atoms with Gasteiger partial charge >= 0.3 is 0 Å². The van der Waals surface area contributed by atoms with Crippen molar-refractivity contribution in [3.05, 3.63) is 57.6 Å². The summed E-state index contributed by atoms with van der Waals surface area (Å²) in [5, 5.41) is 12.6. The topological polar surface area (TPSA) is 87.0 Å². The van der Waals surface area contributed by atoms with Crippen molar-refractivity contribution in [2.75, 3.05) is 40.9 Å². The number of amides is 2. The normalized spacial score (nSPS) is 23.1. The Morgan fingerprint density at radius 3 is 2.09 bits per heavy atom. The van der Waals surface area contributed by atoms with E-state index in [1.165, 1.54) is 11.0 Å². The molecular weight excluding hydrogens is 444 g/mol. The van der Waals surface area contributed by atoms with Crippen molar-refractivity contribution in [1.29, 1.82) is 0 Å². The van der Waals surface area contributed by atoms with Crippen LogP contribution in [0.1, 0.15) is 25.7 Å². The summed E-state index contributed by atoms with van der Waals surface area (Å²) in [6.45, 7) is 2.62. The minimum Gasteiger partial charge on any atom is -0.368 e. The number of imide groups is 1. The number of anilines is 3. The Kier molecular flexibility index (Phi) is 5.70. The summed E-state index contributed by atoms with van der Waals surface area (Å²) in [5.74, 6) is -1.02. The molecule has 5 rings (SSSR count). The minimum atomic E-state index is -0.430. The van der Waals surface area contributed by atoms with Crippen LogP contribution in [0.15, 0.2) is 42.5 Å². The van der Waals surface area contributed by atoms with E-state index < -0.39 is 4.92 Å². The lowest BCUT2D eigenvalue weighted by molar-refractivity contribution is -0.384. The smallest absolute Gasteiger partial charge is 0.294 e. The van der Waals surface area contributed by atoms with Crippen molar-refractivity contribution in [2.24, 2.45) is 11.8 Å². The van der Waals surface area contributed by atoms with Crippen LogP contribution in [-0.4, -0.2) is 42.9 Å². The second kappa shape index (κ2) is 8.67. The number of carbonyl (C=O) groups excluding carboxylic acids is 2. The highest BCUT2D eigenvalue weighted by Crippen LogP contribution is 2.42. The lowest BCUT2D eigenvalue weighted by atomic mass is 9.81. The molecular formula is C24H25ClN4O4. The van der Waals surface area contributed by atoms with Gasteiger partial charge < -0.3 is 9.80 Å². The summed E-state index contributed by atoms with van der Waals surface area (Å²) in [6.07, 6.45) is 3.30. The molecule has 33 heavy (non-hydrogen) atoms. The predicted molar refractivity (Wildman–Crippen MR) is 127 cm³/mol. The van der Waals surface area contributed by atoms with E-state index >= 15 is 0 Å². The Morgan fingerprint density at radius 1 is 0.848 bits per heavy atom. The van der Waals surface area contributed by atoms with Crippen LogP contribution in [0.3, 0.4) is 0 Å². The van der Waals surface area contributed by atoms with Crippen molar-refractivity contribution in [2.45, 2.75) is 25.7 Å². The lowest BCUT2D eigenvalue weighted by Gasteiger charge is -2.37. The molecule has 2 aromatic rings. The van der Waals surface area contributed by atoms with E-state index in [0.29, 0.717) is 55.4 Å². The summed E-state index contributed by atoms with van der Waals surface area (Å²) >= 11 is 6.11. The van der Waals surface area contributed by atoms with Crippen LogP contribution in [-0.2, 0) is 9.59 Å². The van der Waals surface area contributed by atoms with E-state index in [-0.39, 0.29) is 29.3 Å². The zero-order valence-corrected chi connectivity index (χ0v) is 18.9. The summed E-state index contributed by atoms with van der Waals surface area (Å²) < 4.78 is 0. The molecule has 0 N–H and O–H groups in total. The van der Waals surface area contributed by atoms with Crippen LogP contribution in [0, 0.1) is 22.0 Å². The Hall–Kier alpha value is -3.13. The number of nitrogens with zero attached hydrogens (tertiary/aromatic N) is 4. The fourth-order valence-electron chi connectivity index (χ4n) is 5.36. The average molecular weight is 469 g/mol. The molecule has 2 saturated heterocycles. The number of nitro groups is 1. The third-order valence-electron chi connectivity index (χ3n) is 7.05. The van der Waals surface area contributed by atoms with Gasteiger partial charge in [-0.2, -0.15) is 0 Å². The summed E-state index contributed by atoms with van der Waals surface area (Å²) in [4.78, 5) is 42.7. The van der Waals surface area contributed by atoms with Crippen LogP contribution in [0.2, 0.25) is 5.02 Å². The van der Waals surface area contributed by atoms with Gasteiger partial charge in [0.15, 0.2) is 0 Å². The molecule has 9 heteroatoms. The van der Waals surface area contributed by atoms with Crippen LogP contribution in [0.4, 0.5) is 22.7 Å². The quantitative estimate of drug-likeness (QED) is 0.378. The second-order valence-corrected chi connectivity index (χ2v) is 9.33. The number of carbonyl (C=O) groups is 2. The molecule has 2 amide bonds. The number of fused-ring (bicyclic) bond motifs is 1. The van der Waals surface area contributed by atoms with Gasteiger partial charge in [0.1, 0.15) is 5.69 Å². The van der Waals surface area contributed by atoms with Gasteiger partial charge in [-0.1, -0.05) is 30.5 Å². The van der Waals surface area contributed by atoms with Gasteiger partial charge in [0.25, 0.3) is 5.69 Å². The van der Waals surface area contributed by atoms with Gasteiger partial charge in [0.05, 0.1) is 22.4 Å². The largest absolute Gasteiger partial charge is 0.368 e. The SMILES string of the molecule is O=C1C2CCCCC2C(=O)N1c1ccc(N2CCN(c3cccc(Cl)c3)CC2)c([N+](=O)[O-])c1. The fraction of sp³-hybridized carbons (Fsp3) is 0.417.